The molecule has 0 aromatic heterocycles. The number of halogens is 4. The topological polar surface area (TPSA) is 60.3 Å². The van der Waals surface area contributed by atoms with Crippen molar-refractivity contribution < 1.29 is 23.0 Å². The molecule has 6 nitrogen and oxygen atoms in total. The van der Waals surface area contributed by atoms with Gasteiger partial charge in [0.1, 0.15) is 6.04 Å². The van der Waals surface area contributed by atoms with Gasteiger partial charge in [0.05, 0.1) is 13.7 Å². The first kappa shape index (κ1) is 24.6. The zero-order chi connectivity index (χ0) is 20.0. The quantitative estimate of drug-likeness (QED) is 0.358. The fourth-order valence-corrected chi connectivity index (χ4v) is 2.97. The zero-order valence-electron chi connectivity index (χ0n) is 16.3. The van der Waals surface area contributed by atoms with Gasteiger partial charge >= 0.3 is 6.18 Å². The lowest BCUT2D eigenvalue weighted by Gasteiger charge is -2.39. The van der Waals surface area contributed by atoms with E-state index in [0.29, 0.717) is 50.0 Å². The van der Waals surface area contributed by atoms with E-state index in [2.05, 4.69) is 10.3 Å². The van der Waals surface area contributed by atoms with Gasteiger partial charge in [-0.15, -0.1) is 24.0 Å². The first-order chi connectivity index (χ1) is 12.8. The molecule has 1 atom stereocenters. The molecule has 1 aliphatic heterocycles. The molecule has 10 heteroatoms. The average Bonchev–Trinajstić information content (AvgIpc) is 2.65. The Labute approximate surface area is 180 Å². The van der Waals surface area contributed by atoms with E-state index in [-0.39, 0.29) is 36.3 Å². The summed E-state index contributed by atoms with van der Waals surface area (Å²) in [6, 6.07) is 3.74. The first-order valence-electron chi connectivity index (χ1n) is 8.96. The molecule has 160 valence electrons. The second-order valence-corrected chi connectivity index (χ2v) is 6.38. The fraction of sp³-hybridized carbons (Fsp3) is 0.611. The molecule has 1 saturated heterocycles. The van der Waals surface area contributed by atoms with E-state index >= 15 is 0 Å². The zero-order valence-corrected chi connectivity index (χ0v) is 18.6. The number of aliphatic imine (C=N–C) groups is 1. The predicted octanol–water partition coefficient (Wildman–Crippen LogP) is 3.05. The summed E-state index contributed by atoms with van der Waals surface area (Å²) in [7, 11) is 1.48. The van der Waals surface area contributed by atoms with Gasteiger partial charge in [0, 0.05) is 38.3 Å². The maximum atomic E-state index is 12.9. The van der Waals surface area contributed by atoms with Crippen LogP contribution in [-0.2, 0) is 6.54 Å². The smallest absolute Gasteiger partial charge is 0.403 e. The maximum absolute atomic E-state index is 12.9. The lowest BCUT2D eigenvalue weighted by molar-refractivity contribution is -0.181. The third-order valence-electron chi connectivity index (χ3n) is 4.67. The van der Waals surface area contributed by atoms with Crippen molar-refractivity contribution in [3.05, 3.63) is 23.8 Å². The van der Waals surface area contributed by atoms with E-state index < -0.39 is 12.2 Å². The Hall–Kier alpha value is -1.43. The normalized spacial score (nSPS) is 17.1. The van der Waals surface area contributed by atoms with Crippen molar-refractivity contribution in [2.75, 3.05) is 39.8 Å². The summed E-state index contributed by atoms with van der Waals surface area (Å²) in [5, 5.41) is 13.3. The number of rotatable bonds is 5. The molecule has 0 spiro atoms. The molecule has 1 heterocycles. The Morgan fingerprint density at radius 3 is 2.46 bits per heavy atom. The molecule has 0 radical (unpaired) electrons. The minimum atomic E-state index is -4.22. The Morgan fingerprint density at radius 2 is 1.93 bits per heavy atom. The second kappa shape index (κ2) is 10.9. The van der Waals surface area contributed by atoms with Crippen LogP contribution in [0.25, 0.3) is 0 Å². The number of ether oxygens (including phenoxy) is 1. The number of nitrogens with one attached hydrogen (secondary N) is 1. The lowest BCUT2D eigenvalue weighted by Crippen LogP contribution is -2.56. The minimum absolute atomic E-state index is 0. The highest BCUT2D eigenvalue weighted by molar-refractivity contribution is 14.0. The van der Waals surface area contributed by atoms with E-state index in [1.807, 2.05) is 11.8 Å². The van der Waals surface area contributed by atoms with Crippen molar-refractivity contribution in [2.45, 2.75) is 32.6 Å². The molecule has 28 heavy (non-hydrogen) atoms. The summed E-state index contributed by atoms with van der Waals surface area (Å²) in [5.41, 5.74) is 0.620. The third kappa shape index (κ3) is 6.29. The number of hydrogen-bond acceptors (Lipinski definition) is 4. The van der Waals surface area contributed by atoms with Gasteiger partial charge in [-0.3, -0.25) is 4.90 Å². The predicted molar refractivity (Wildman–Crippen MR) is 114 cm³/mol. The van der Waals surface area contributed by atoms with Crippen LogP contribution in [0.5, 0.6) is 11.5 Å². The number of phenols is 1. The van der Waals surface area contributed by atoms with E-state index in [4.69, 9.17) is 4.74 Å². The fourth-order valence-electron chi connectivity index (χ4n) is 2.97. The monoisotopic (exact) mass is 516 g/mol. The number of phenolic OH excluding ortho intramolecular Hbond substituents is 1. The number of alkyl halides is 3. The van der Waals surface area contributed by atoms with Crippen LogP contribution < -0.4 is 10.1 Å². The van der Waals surface area contributed by atoms with Gasteiger partial charge in [-0.1, -0.05) is 12.1 Å². The van der Waals surface area contributed by atoms with Crippen molar-refractivity contribution in [3.8, 4) is 11.5 Å². The van der Waals surface area contributed by atoms with Crippen LogP contribution in [0, 0.1) is 0 Å². The Morgan fingerprint density at radius 1 is 1.29 bits per heavy atom. The average molecular weight is 516 g/mol. The van der Waals surface area contributed by atoms with E-state index in [1.165, 1.54) is 18.9 Å². The van der Waals surface area contributed by atoms with Crippen molar-refractivity contribution in [1.82, 2.24) is 15.1 Å². The summed E-state index contributed by atoms with van der Waals surface area (Å²) >= 11 is 0. The second-order valence-electron chi connectivity index (χ2n) is 6.38. The molecule has 2 rings (SSSR count). The Bertz CT molecular complexity index is 650. The first-order valence-corrected chi connectivity index (χ1v) is 8.96. The van der Waals surface area contributed by atoms with Crippen LogP contribution in [0.3, 0.4) is 0 Å². The molecule has 1 aromatic rings. The van der Waals surface area contributed by atoms with Crippen molar-refractivity contribution in [1.29, 1.82) is 0 Å². The van der Waals surface area contributed by atoms with Gasteiger partial charge in [-0.25, -0.2) is 4.99 Å². The van der Waals surface area contributed by atoms with Gasteiger partial charge in [0.2, 0.25) is 0 Å². The highest BCUT2D eigenvalue weighted by Gasteiger charge is 2.41. The molecular formula is C18H28F3IN4O2. The number of nitrogens with zero attached hydrogens (tertiary/aromatic N) is 3. The molecule has 2 N–H and O–H groups in total. The van der Waals surface area contributed by atoms with Crippen molar-refractivity contribution in [3.63, 3.8) is 0 Å². The molecule has 0 amide bonds. The van der Waals surface area contributed by atoms with Crippen molar-refractivity contribution in [2.24, 2.45) is 4.99 Å². The third-order valence-corrected chi connectivity index (χ3v) is 4.67. The summed E-state index contributed by atoms with van der Waals surface area (Å²) in [4.78, 5) is 7.92. The number of aromatic hydroxyl groups is 1. The largest absolute Gasteiger partial charge is 0.504 e. The Kier molecular flexibility index (Phi) is 9.61. The van der Waals surface area contributed by atoms with Gasteiger partial charge in [-0.05, 0) is 19.9 Å². The highest BCUT2D eigenvalue weighted by atomic mass is 127. The van der Waals surface area contributed by atoms with E-state index in [9.17, 15) is 18.3 Å². The van der Waals surface area contributed by atoms with Crippen LogP contribution in [0.2, 0.25) is 0 Å². The summed E-state index contributed by atoms with van der Waals surface area (Å²) in [6.07, 6.45) is -4.22. The number of piperazine rings is 1. The number of benzene rings is 1. The number of hydrogen-bond donors (Lipinski definition) is 2. The van der Waals surface area contributed by atoms with Crippen LogP contribution >= 0.6 is 24.0 Å². The molecular weight excluding hydrogens is 488 g/mol. The molecule has 0 saturated carbocycles. The lowest BCUT2D eigenvalue weighted by atomic mass is 10.2. The van der Waals surface area contributed by atoms with E-state index in [1.54, 1.807) is 18.2 Å². The molecule has 0 aliphatic carbocycles. The molecule has 1 fully saturated rings. The summed E-state index contributed by atoms with van der Waals surface area (Å²) in [6.45, 7) is 5.55. The molecule has 1 aromatic carbocycles. The summed E-state index contributed by atoms with van der Waals surface area (Å²) < 4.78 is 43.8. The summed E-state index contributed by atoms with van der Waals surface area (Å²) in [5.74, 6) is 1.05. The molecule has 1 aliphatic rings. The molecule has 0 bridgehead atoms. The van der Waals surface area contributed by atoms with Crippen LogP contribution in [0.4, 0.5) is 13.2 Å². The highest BCUT2D eigenvalue weighted by Crippen LogP contribution is 2.30. The van der Waals surface area contributed by atoms with Gasteiger partial charge in [-0.2, -0.15) is 13.2 Å². The Balaban J connectivity index is 0.00000392. The van der Waals surface area contributed by atoms with Crippen LogP contribution in [0.15, 0.2) is 23.2 Å². The van der Waals surface area contributed by atoms with Crippen molar-refractivity contribution >= 4 is 29.9 Å². The van der Waals surface area contributed by atoms with Crippen LogP contribution in [-0.4, -0.2) is 72.9 Å². The minimum Gasteiger partial charge on any atom is -0.504 e. The SMILES string of the molecule is CCNC(=NCc1cccc(OC)c1O)N1CCN(C(C)C(F)(F)F)CC1.I. The number of methoxy groups -OCH3 is 1. The standard InChI is InChI=1S/C18H27F3N4O2.HI/c1-4-22-17(23-12-14-6-5-7-15(27-3)16(14)26)25-10-8-24(9-11-25)13(2)18(19,20)21;/h5-7,13,26H,4,8-12H2,1-3H3,(H,22,23);1H. The maximum Gasteiger partial charge on any atom is 0.403 e. The van der Waals surface area contributed by atoms with Gasteiger partial charge < -0.3 is 20.1 Å². The van der Waals surface area contributed by atoms with Crippen LogP contribution in [0.1, 0.15) is 19.4 Å². The van der Waals surface area contributed by atoms with E-state index in [0.717, 1.165) is 0 Å². The van der Waals surface area contributed by atoms with Gasteiger partial charge in [0.25, 0.3) is 0 Å². The molecule has 1 unspecified atom stereocenters. The van der Waals surface area contributed by atoms with Gasteiger partial charge in [0.15, 0.2) is 17.5 Å². The number of para-hydroxylation sites is 1. The number of guanidine groups is 1.